The highest BCUT2D eigenvalue weighted by molar-refractivity contribution is 6.14. The van der Waals surface area contributed by atoms with Crippen LogP contribution in [0.25, 0.3) is 0 Å². The highest BCUT2D eigenvalue weighted by Crippen LogP contribution is 2.49. The van der Waals surface area contributed by atoms with Crippen LogP contribution in [0, 0.1) is 5.41 Å². The van der Waals surface area contributed by atoms with E-state index in [0.29, 0.717) is 25.9 Å². The zero-order valence-electron chi connectivity index (χ0n) is 16.4. The van der Waals surface area contributed by atoms with E-state index in [1.54, 1.807) is 4.90 Å². The molecule has 3 rings (SSSR count). The number of anilines is 1. The second-order valence-electron chi connectivity index (χ2n) is 7.48. The van der Waals surface area contributed by atoms with Gasteiger partial charge in [-0.15, -0.1) is 0 Å². The van der Waals surface area contributed by atoms with Gasteiger partial charge in [-0.3, -0.25) is 9.59 Å². The lowest BCUT2D eigenvalue weighted by Gasteiger charge is -2.33. The molecule has 27 heavy (non-hydrogen) atoms. The largest absolute Gasteiger partial charge is 0.335 e. The Morgan fingerprint density at radius 3 is 1.96 bits per heavy atom. The summed E-state index contributed by atoms with van der Waals surface area (Å²) in [5.41, 5.74) is 1.03. The van der Waals surface area contributed by atoms with Crippen LogP contribution >= 0.6 is 0 Å². The molecular formula is C23H28N2O2. The summed E-state index contributed by atoms with van der Waals surface area (Å²) in [6.07, 6.45) is 1.26. The van der Waals surface area contributed by atoms with Gasteiger partial charge in [-0.1, -0.05) is 48.5 Å². The summed E-state index contributed by atoms with van der Waals surface area (Å²) in [7, 11) is 0. The molecule has 2 amide bonds. The molecule has 2 aromatic rings. The minimum absolute atomic E-state index is 0.0368. The second-order valence-corrected chi connectivity index (χ2v) is 7.48. The van der Waals surface area contributed by atoms with Crippen molar-refractivity contribution in [2.45, 2.75) is 46.2 Å². The molecule has 1 saturated carbocycles. The molecule has 4 nitrogen and oxygen atoms in total. The molecule has 1 aliphatic rings. The van der Waals surface area contributed by atoms with Crippen LogP contribution in [-0.2, 0) is 16.1 Å². The maximum absolute atomic E-state index is 13.4. The lowest BCUT2D eigenvalue weighted by molar-refractivity contribution is -0.145. The number of hydrogen-bond donors (Lipinski definition) is 0. The second kappa shape index (κ2) is 7.95. The van der Waals surface area contributed by atoms with Crippen molar-refractivity contribution in [3.63, 3.8) is 0 Å². The van der Waals surface area contributed by atoms with Crippen molar-refractivity contribution in [1.82, 2.24) is 4.90 Å². The van der Waals surface area contributed by atoms with Crippen LogP contribution in [0.1, 0.15) is 39.2 Å². The predicted molar refractivity (Wildman–Crippen MR) is 108 cm³/mol. The molecule has 1 aliphatic carbocycles. The SMILES string of the molecule is CCN(C(=O)C1(C(=O)N(Cc2ccccc2)C(C)C)CC1)c1ccccc1. The highest BCUT2D eigenvalue weighted by atomic mass is 16.2. The predicted octanol–water partition coefficient (Wildman–Crippen LogP) is 4.26. The van der Waals surface area contributed by atoms with Gasteiger partial charge >= 0.3 is 0 Å². The summed E-state index contributed by atoms with van der Waals surface area (Å²) in [6, 6.07) is 19.6. The van der Waals surface area contributed by atoms with Crippen molar-refractivity contribution in [3.8, 4) is 0 Å². The van der Waals surface area contributed by atoms with Gasteiger partial charge in [-0.05, 0) is 51.3 Å². The van der Waals surface area contributed by atoms with E-state index in [2.05, 4.69) is 0 Å². The Balaban J connectivity index is 1.84. The molecule has 1 fully saturated rings. The molecular weight excluding hydrogens is 336 g/mol. The zero-order chi connectivity index (χ0) is 19.4. The number of rotatable bonds is 7. The molecule has 0 radical (unpaired) electrons. The molecule has 0 aliphatic heterocycles. The molecule has 0 atom stereocenters. The van der Waals surface area contributed by atoms with Gasteiger partial charge in [0, 0.05) is 24.8 Å². The quantitative estimate of drug-likeness (QED) is 0.689. The molecule has 2 aromatic carbocycles. The molecule has 0 unspecified atom stereocenters. The van der Waals surface area contributed by atoms with E-state index in [0.717, 1.165) is 11.3 Å². The fourth-order valence-electron chi connectivity index (χ4n) is 3.50. The average molecular weight is 364 g/mol. The van der Waals surface area contributed by atoms with Crippen molar-refractivity contribution in [1.29, 1.82) is 0 Å². The first-order chi connectivity index (χ1) is 13.0. The van der Waals surface area contributed by atoms with Crippen LogP contribution in [0.5, 0.6) is 0 Å². The summed E-state index contributed by atoms with van der Waals surface area (Å²) in [5.74, 6) is -0.111. The third-order valence-corrected chi connectivity index (χ3v) is 5.28. The first-order valence-electron chi connectivity index (χ1n) is 9.71. The lowest BCUT2D eigenvalue weighted by Crippen LogP contribution is -2.49. The average Bonchev–Trinajstić information content (AvgIpc) is 3.49. The van der Waals surface area contributed by atoms with Crippen molar-refractivity contribution in [2.24, 2.45) is 5.41 Å². The molecule has 0 saturated heterocycles. The van der Waals surface area contributed by atoms with Gasteiger partial charge in [0.15, 0.2) is 0 Å². The van der Waals surface area contributed by atoms with E-state index < -0.39 is 5.41 Å². The zero-order valence-corrected chi connectivity index (χ0v) is 16.4. The van der Waals surface area contributed by atoms with Crippen molar-refractivity contribution < 1.29 is 9.59 Å². The first kappa shape index (κ1) is 19.2. The summed E-state index contributed by atoms with van der Waals surface area (Å²) >= 11 is 0. The number of amides is 2. The van der Waals surface area contributed by atoms with E-state index in [1.807, 2.05) is 86.3 Å². The normalized spacial score (nSPS) is 14.7. The molecule has 0 bridgehead atoms. The van der Waals surface area contributed by atoms with Crippen molar-refractivity contribution in [2.75, 3.05) is 11.4 Å². The van der Waals surface area contributed by atoms with Gasteiger partial charge in [-0.25, -0.2) is 0 Å². The Bertz CT molecular complexity index is 783. The lowest BCUT2D eigenvalue weighted by atomic mass is 10.0. The summed E-state index contributed by atoms with van der Waals surface area (Å²) < 4.78 is 0. The monoisotopic (exact) mass is 364 g/mol. The topological polar surface area (TPSA) is 40.6 Å². The van der Waals surface area contributed by atoms with Crippen LogP contribution in [-0.4, -0.2) is 29.3 Å². The minimum Gasteiger partial charge on any atom is -0.335 e. The van der Waals surface area contributed by atoms with Gasteiger partial charge in [0.25, 0.3) is 0 Å². The van der Waals surface area contributed by atoms with Crippen molar-refractivity contribution in [3.05, 3.63) is 66.2 Å². The van der Waals surface area contributed by atoms with E-state index in [9.17, 15) is 9.59 Å². The van der Waals surface area contributed by atoms with E-state index in [1.165, 1.54) is 0 Å². The van der Waals surface area contributed by atoms with Crippen LogP contribution < -0.4 is 4.90 Å². The van der Waals surface area contributed by atoms with Crippen LogP contribution in [0.4, 0.5) is 5.69 Å². The Hall–Kier alpha value is -2.62. The highest BCUT2D eigenvalue weighted by Gasteiger charge is 2.59. The number of carbonyl (C=O) groups excluding carboxylic acids is 2. The summed E-state index contributed by atoms with van der Waals surface area (Å²) in [6.45, 7) is 7.06. The fraction of sp³-hybridized carbons (Fsp3) is 0.391. The summed E-state index contributed by atoms with van der Waals surface area (Å²) in [5, 5.41) is 0. The van der Waals surface area contributed by atoms with Gasteiger partial charge in [-0.2, -0.15) is 0 Å². The number of nitrogens with zero attached hydrogens (tertiary/aromatic N) is 2. The molecule has 0 N–H and O–H groups in total. The van der Waals surface area contributed by atoms with Crippen LogP contribution in [0.3, 0.4) is 0 Å². The third kappa shape index (κ3) is 3.90. The number of benzene rings is 2. The number of hydrogen-bond acceptors (Lipinski definition) is 2. The van der Waals surface area contributed by atoms with Gasteiger partial charge in [0.1, 0.15) is 5.41 Å². The van der Waals surface area contributed by atoms with Crippen molar-refractivity contribution >= 4 is 17.5 Å². The Kier molecular flexibility index (Phi) is 5.64. The van der Waals surface area contributed by atoms with Crippen LogP contribution in [0.15, 0.2) is 60.7 Å². The molecule has 142 valence electrons. The maximum Gasteiger partial charge on any atom is 0.242 e. The third-order valence-electron chi connectivity index (χ3n) is 5.28. The van der Waals surface area contributed by atoms with E-state index in [4.69, 9.17) is 0 Å². The first-order valence-corrected chi connectivity index (χ1v) is 9.71. The Labute approximate surface area is 161 Å². The number of para-hydroxylation sites is 1. The Morgan fingerprint density at radius 1 is 0.926 bits per heavy atom. The molecule has 0 heterocycles. The standard InChI is InChI=1S/C23H28N2O2/c1-4-24(20-13-9-6-10-14-20)21(26)23(15-16-23)22(27)25(18(2)3)17-19-11-7-5-8-12-19/h5-14,18H,4,15-17H2,1-3H3. The van der Waals surface area contributed by atoms with E-state index >= 15 is 0 Å². The molecule has 0 aromatic heterocycles. The molecule has 0 spiro atoms. The van der Waals surface area contributed by atoms with Gasteiger partial charge in [0.2, 0.25) is 11.8 Å². The van der Waals surface area contributed by atoms with Gasteiger partial charge < -0.3 is 9.80 Å². The number of carbonyl (C=O) groups is 2. The maximum atomic E-state index is 13.4. The fourth-order valence-corrected chi connectivity index (χ4v) is 3.50. The minimum atomic E-state index is -0.898. The van der Waals surface area contributed by atoms with Gasteiger partial charge in [0.05, 0.1) is 0 Å². The smallest absolute Gasteiger partial charge is 0.242 e. The van der Waals surface area contributed by atoms with Crippen LogP contribution in [0.2, 0.25) is 0 Å². The Morgan fingerprint density at radius 2 is 1.48 bits per heavy atom. The summed E-state index contributed by atoms with van der Waals surface area (Å²) in [4.78, 5) is 30.4. The van der Waals surface area contributed by atoms with E-state index in [-0.39, 0.29) is 17.9 Å². The molecule has 4 heteroatoms.